The normalized spacial score (nSPS) is 17.1. The quantitative estimate of drug-likeness (QED) is 0.781. The predicted octanol–water partition coefficient (Wildman–Crippen LogP) is 2.84. The first-order valence-electron chi connectivity index (χ1n) is 8.52. The van der Waals surface area contributed by atoms with Crippen LogP contribution in [0.5, 0.6) is 0 Å². The van der Waals surface area contributed by atoms with Crippen molar-refractivity contribution in [1.82, 2.24) is 15.0 Å². The van der Waals surface area contributed by atoms with Crippen LogP contribution in [0.1, 0.15) is 48.1 Å². The van der Waals surface area contributed by atoms with Crippen molar-refractivity contribution in [1.29, 1.82) is 0 Å². The summed E-state index contributed by atoms with van der Waals surface area (Å²) in [6.07, 6.45) is 5.58. The molecule has 0 aliphatic carbocycles. The second-order valence-corrected chi connectivity index (χ2v) is 6.07. The minimum Gasteiger partial charge on any atom is -0.376 e. The van der Waals surface area contributed by atoms with Gasteiger partial charge < -0.3 is 14.2 Å². The summed E-state index contributed by atoms with van der Waals surface area (Å²) in [6, 6.07) is 7.45. The molecule has 1 aliphatic heterocycles. The highest BCUT2D eigenvalue weighted by Gasteiger charge is 2.25. The highest BCUT2D eigenvalue weighted by molar-refractivity contribution is 5.92. The summed E-state index contributed by atoms with van der Waals surface area (Å²) in [5, 5.41) is 3.94. The van der Waals surface area contributed by atoms with E-state index in [0.29, 0.717) is 18.8 Å². The zero-order valence-electron chi connectivity index (χ0n) is 14.0. The summed E-state index contributed by atoms with van der Waals surface area (Å²) < 4.78 is 10.9. The number of hydrogen-bond donors (Lipinski definition) is 0. The Balaban J connectivity index is 1.75. The fraction of sp³-hybridized carbons (Fsp3) is 0.500. The SMILES string of the molecule is CCCc1cc(C(=O)N(Cc2ccccn2)C[C@H]2CCCO2)no1. The van der Waals surface area contributed by atoms with Gasteiger partial charge in [-0.3, -0.25) is 9.78 Å². The van der Waals surface area contributed by atoms with Gasteiger partial charge in [0.2, 0.25) is 0 Å². The third kappa shape index (κ3) is 4.20. The van der Waals surface area contributed by atoms with Crippen molar-refractivity contribution in [3.05, 3.63) is 47.6 Å². The Hall–Kier alpha value is -2.21. The number of pyridine rings is 1. The maximum Gasteiger partial charge on any atom is 0.276 e. The number of aryl methyl sites for hydroxylation is 1. The van der Waals surface area contributed by atoms with Gasteiger partial charge in [0.05, 0.1) is 18.3 Å². The van der Waals surface area contributed by atoms with E-state index in [-0.39, 0.29) is 12.0 Å². The molecule has 0 bridgehead atoms. The molecule has 6 heteroatoms. The van der Waals surface area contributed by atoms with Crippen LogP contribution in [-0.4, -0.2) is 40.2 Å². The Bertz CT molecular complexity index is 651. The Labute approximate surface area is 141 Å². The first-order chi connectivity index (χ1) is 11.8. The molecule has 0 spiro atoms. The van der Waals surface area contributed by atoms with Crippen LogP contribution in [0.15, 0.2) is 35.0 Å². The second kappa shape index (κ2) is 8.06. The number of nitrogens with zero attached hydrogens (tertiary/aromatic N) is 3. The van der Waals surface area contributed by atoms with Gasteiger partial charge in [-0.1, -0.05) is 18.1 Å². The van der Waals surface area contributed by atoms with Crippen LogP contribution < -0.4 is 0 Å². The van der Waals surface area contributed by atoms with Crippen molar-refractivity contribution in [3.8, 4) is 0 Å². The lowest BCUT2D eigenvalue weighted by molar-refractivity contribution is 0.0496. The van der Waals surface area contributed by atoms with Crippen molar-refractivity contribution < 1.29 is 14.1 Å². The highest BCUT2D eigenvalue weighted by Crippen LogP contribution is 2.17. The number of carbonyl (C=O) groups excluding carboxylic acids is 1. The first-order valence-corrected chi connectivity index (χ1v) is 8.52. The van der Waals surface area contributed by atoms with Gasteiger partial charge in [0.1, 0.15) is 5.76 Å². The van der Waals surface area contributed by atoms with E-state index < -0.39 is 0 Å². The summed E-state index contributed by atoms with van der Waals surface area (Å²) in [7, 11) is 0. The monoisotopic (exact) mass is 329 g/mol. The fourth-order valence-electron chi connectivity index (χ4n) is 2.88. The van der Waals surface area contributed by atoms with Gasteiger partial charge in [0.15, 0.2) is 5.69 Å². The number of rotatable bonds is 7. The van der Waals surface area contributed by atoms with E-state index in [1.165, 1.54) is 0 Å². The average molecular weight is 329 g/mol. The molecule has 0 radical (unpaired) electrons. The Morgan fingerprint density at radius 1 is 1.42 bits per heavy atom. The summed E-state index contributed by atoms with van der Waals surface area (Å²) >= 11 is 0. The van der Waals surface area contributed by atoms with Crippen molar-refractivity contribution >= 4 is 5.91 Å². The summed E-state index contributed by atoms with van der Waals surface area (Å²) in [4.78, 5) is 19.0. The van der Waals surface area contributed by atoms with Gasteiger partial charge in [0.25, 0.3) is 5.91 Å². The molecule has 0 unspecified atom stereocenters. The Kier molecular flexibility index (Phi) is 5.59. The van der Waals surface area contributed by atoms with E-state index in [4.69, 9.17) is 9.26 Å². The van der Waals surface area contributed by atoms with Crippen molar-refractivity contribution in [2.45, 2.75) is 45.3 Å². The van der Waals surface area contributed by atoms with Crippen LogP contribution >= 0.6 is 0 Å². The minimum absolute atomic E-state index is 0.0830. The molecule has 0 saturated carbocycles. The van der Waals surface area contributed by atoms with Crippen LogP contribution in [0.25, 0.3) is 0 Å². The Morgan fingerprint density at radius 3 is 3.04 bits per heavy atom. The molecule has 1 saturated heterocycles. The minimum atomic E-state index is -0.137. The molecular weight excluding hydrogens is 306 g/mol. The maximum absolute atomic E-state index is 12.9. The highest BCUT2D eigenvalue weighted by atomic mass is 16.5. The topological polar surface area (TPSA) is 68.5 Å². The maximum atomic E-state index is 12.9. The second-order valence-electron chi connectivity index (χ2n) is 6.07. The lowest BCUT2D eigenvalue weighted by Crippen LogP contribution is -2.37. The van der Waals surface area contributed by atoms with Gasteiger partial charge in [-0.2, -0.15) is 0 Å². The van der Waals surface area contributed by atoms with Gasteiger partial charge in [-0.05, 0) is 31.4 Å². The molecule has 0 aromatic carbocycles. The van der Waals surface area contributed by atoms with Gasteiger partial charge in [-0.25, -0.2) is 0 Å². The van der Waals surface area contributed by atoms with Gasteiger partial charge in [0, 0.05) is 31.8 Å². The summed E-state index contributed by atoms with van der Waals surface area (Å²) in [6.45, 7) is 3.82. The summed E-state index contributed by atoms with van der Waals surface area (Å²) in [5.41, 5.74) is 1.20. The smallest absolute Gasteiger partial charge is 0.276 e. The molecule has 6 nitrogen and oxygen atoms in total. The molecule has 1 aliphatic rings. The lowest BCUT2D eigenvalue weighted by atomic mass is 10.2. The molecule has 1 fully saturated rings. The summed E-state index contributed by atoms with van der Waals surface area (Å²) in [5.74, 6) is 0.609. The number of aromatic nitrogens is 2. The van der Waals surface area contributed by atoms with Crippen molar-refractivity contribution in [2.24, 2.45) is 0 Å². The molecule has 2 aromatic heterocycles. The van der Waals surface area contributed by atoms with E-state index in [1.54, 1.807) is 17.2 Å². The third-order valence-corrected chi connectivity index (χ3v) is 4.09. The van der Waals surface area contributed by atoms with Crippen LogP contribution in [-0.2, 0) is 17.7 Å². The van der Waals surface area contributed by atoms with Gasteiger partial charge in [-0.15, -0.1) is 0 Å². The molecule has 2 aromatic rings. The molecule has 3 rings (SSSR count). The zero-order valence-corrected chi connectivity index (χ0v) is 14.0. The average Bonchev–Trinajstić information content (AvgIpc) is 3.27. The number of hydrogen-bond acceptors (Lipinski definition) is 5. The Morgan fingerprint density at radius 2 is 2.33 bits per heavy atom. The molecule has 0 N–H and O–H groups in total. The van der Waals surface area contributed by atoms with Crippen molar-refractivity contribution in [3.63, 3.8) is 0 Å². The number of carbonyl (C=O) groups is 1. The van der Waals surface area contributed by atoms with Crippen molar-refractivity contribution in [2.75, 3.05) is 13.2 Å². The third-order valence-electron chi connectivity index (χ3n) is 4.09. The zero-order chi connectivity index (χ0) is 16.8. The molecule has 128 valence electrons. The molecule has 24 heavy (non-hydrogen) atoms. The first kappa shape index (κ1) is 16.6. The van der Waals surface area contributed by atoms with E-state index in [0.717, 1.165) is 43.7 Å². The van der Waals surface area contributed by atoms with Crippen LogP contribution in [0.3, 0.4) is 0 Å². The fourth-order valence-corrected chi connectivity index (χ4v) is 2.88. The predicted molar refractivity (Wildman–Crippen MR) is 88.4 cm³/mol. The number of ether oxygens (including phenoxy) is 1. The molecule has 1 atom stereocenters. The van der Waals surface area contributed by atoms with E-state index in [1.807, 2.05) is 18.2 Å². The van der Waals surface area contributed by atoms with E-state index in [2.05, 4.69) is 17.1 Å². The van der Waals surface area contributed by atoms with E-state index in [9.17, 15) is 4.79 Å². The lowest BCUT2D eigenvalue weighted by Gasteiger charge is -2.24. The molecule has 1 amide bonds. The molecular formula is C18H23N3O3. The van der Waals surface area contributed by atoms with Crippen LogP contribution in [0.2, 0.25) is 0 Å². The largest absolute Gasteiger partial charge is 0.376 e. The van der Waals surface area contributed by atoms with Crippen LogP contribution in [0.4, 0.5) is 0 Å². The standard InChI is InChI=1S/C18H23N3O3/c1-2-6-15-11-17(20-24-15)18(22)21(13-16-8-5-10-23-16)12-14-7-3-4-9-19-14/h3-4,7,9,11,16H,2,5-6,8,10,12-13H2,1H3/t16-/m1/s1. The number of amides is 1. The van der Waals surface area contributed by atoms with Gasteiger partial charge >= 0.3 is 0 Å². The van der Waals surface area contributed by atoms with Crippen LogP contribution in [0, 0.1) is 0 Å². The molecule has 3 heterocycles. The van der Waals surface area contributed by atoms with E-state index >= 15 is 0 Å².